The summed E-state index contributed by atoms with van der Waals surface area (Å²) < 4.78 is 58.8. The molecule has 0 bridgehead atoms. The van der Waals surface area contributed by atoms with E-state index in [4.69, 9.17) is 4.74 Å². The maximum absolute atomic E-state index is 13.5. The molecule has 0 spiro atoms. The van der Waals surface area contributed by atoms with Gasteiger partial charge in [-0.2, -0.15) is 13.2 Å². The largest absolute Gasteiger partial charge is 0.416 e. The minimum absolute atomic E-state index is 0.0469. The highest BCUT2D eigenvalue weighted by Crippen LogP contribution is 2.45. The molecule has 4 rings (SSSR count). The summed E-state index contributed by atoms with van der Waals surface area (Å²) in [5, 5.41) is 6.72. The van der Waals surface area contributed by atoms with Crippen LogP contribution >= 0.6 is 0 Å². The van der Waals surface area contributed by atoms with Gasteiger partial charge in [0.15, 0.2) is 0 Å². The summed E-state index contributed by atoms with van der Waals surface area (Å²) in [7, 11) is 0. The Labute approximate surface area is 222 Å². The molecule has 2 fully saturated rings. The van der Waals surface area contributed by atoms with Crippen molar-refractivity contribution in [1.29, 1.82) is 0 Å². The van der Waals surface area contributed by atoms with Gasteiger partial charge in [0, 0.05) is 31.2 Å². The molecular formula is C30H38F4N2O2. The van der Waals surface area contributed by atoms with Gasteiger partial charge in [0.25, 0.3) is 0 Å². The Balaban J connectivity index is 1.41. The predicted octanol–water partition coefficient (Wildman–Crippen LogP) is 6.22. The standard InChI is InChI=1S/C30H38F4N2O2/c1-20(2)29(28(37)35-18-23-12-22(17-31)14-25(15-23)30(32,33)34)10-8-26(16-29)36-27-9-11-38-19-24(27)13-21-6-4-3-5-7-21/h3-7,12,14-15,20,24,26-27,36H,8-11,13,16-19H2,1-2H3,(H,35,37)/t24?,26-,27?,29+/m1/s1. The fourth-order valence-corrected chi connectivity index (χ4v) is 6.11. The number of carbonyl (C=O) groups excluding carboxylic acids is 1. The van der Waals surface area contributed by atoms with Crippen LogP contribution in [0.3, 0.4) is 0 Å². The third-order valence-corrected chi connectivity index (χ3v) is 8.36. The zero-order valence-electron chi connectivity index (χ0n) is 22.1. The molecule has 1 amide bonds. The quantitative estimate of drug-likeness (QED) is 0.376. The topological polar surface area (TPSA) is 50.4 Å². The lowest BCUT2D eigenvalue weighted by molar-refractivity contribution is -0.137. The molecular weight excluding hydrogens is 496 g/mol. The SMILES string of the molecule is CC(C)[C@]1(C(=O)NCc2cc(CF)cc(C(F)(F)F)c2)CC[C@@H](NC2CCOCC2Cc2ccccc2)C1. The highest BCUT2D eigenvalue weighted by Gasteiger charge is 2.48. The molecule has 1 aliphatic heterocycles. The van der Waals surface area contributed by atoms with Crippen LogP contribution in [0.15, 0.2) is 48.5 Å². The van der Waals surface area contributed by atoms with Crippen LogP contribution in [0.4, 0.5) is 17.6 Å². The molecule has 4 atom stereocenters. The van der Waals surface area contributed by atoms with Crippen molar-refractivity contribution in [3.63, 3.8) is 0 Å². The third kappa shape index (κ3) is 6.75. The molecule has 0 aromatic heterocycles. The van der Waals surface area contributed by atoms with E-state index in [0.29, 0.717) is 38.0 Å². The summed E-state index contributed by atoms with van der Waals surface area (Å²) >= 11 is 0. The van der Waals surface area contributed by atoms with Gasteiger partial charge in [0.1, 0.15) is 6.67 Å². The van der Waals surface area contributed by atoms with Gasteiger partial charge >= 0.3 is 6.18 Å². The molecule has 1 saturated carbocycles. The highest BCUT2D eigenvalue weighted by molar-refractivity contribution is 5.83. The molecule has 1 heterocycles. The lowest BCUT2D eigenvalue weighted by atomic mass is 9.74. The lowest BCUT2D eigenvalue weighted by Crippen LogP contribution is -2.49. The Morgan fingerprint density at radius 1 is 1.08 bits per heavy atom. The molecule has 8 heteroatoms. The average Bonchev–Trinajstić information content (AvgIpc) is 3.33. The van der Waals surface area contributed by atoms with Gasteiger partial charge < -0.3 is 15.4 Å². The van der Waals surface area contributed by atoms with Crippen LogP contribution in [-0.4, -0.2) is 31.2 Å². The van der Waals surface area contributed by atoms with Crippen molar-refractivity contribution >= 4 is 5.91 Å². The molecule has 1 saturated heterocycles. The number of rotatable bonds is 9. The normalized spacial score (nSPS) is 26.0. The van der Waals surface area contributed by atoms with Crippen molar-refractivity contribution in [1.82, 2.24) is 10.6 Å². The second-order valence-electron chi connectivity index (χ2n) is 11.2. The van der Waals surface area contributed by atoms with Crippen LogP contribution in [0.5, 0.6) is 0 Å². The number of amides is 1. The Morgan fingerprint density at radius 3 is 2.50 bits per heavy atom. The van der Waals surface area contributed by atoms with Gasteiger partial charge in [-0.15, -0.1) is 0 Å². The first-order valence-corrected chi connectivity index (χ1v) is 13.5. The van der Waals surface area contributed by atoms with E-state index in [1.807, 2.05) is 32.0 Å². The fraction of sp³-hybridized carbons (Fsp3) is 0.567. The first-order chi connectivity index (χ1) is 18.1. The van der Waals surface area contributed by atoms with Crippen molar-refractivity contribution in [2.45, 2.75) is 77.4 Å². The van der Waals surface area contributed by atoms with Crippen molar-refractivity contribution < 1.29 is 27.1 Å². The Hall–Kier alpha value is -2.45. The lowest BCUT2D eigenvalue weighted by Gasteiger charge is -2.36. The summed E-state index contributed by atoms with van der Waals surface area (Å²) in [5.41, 5.74) is -0.0279. The fourth-order valence-electron chi connectivity index (χ4n) is 6.11. The van der Waals surface area contributed by atoms with Gasteiger partial charge in [-0.05, 0) is 66.8 Å². The van der Waals surface area contributed by atoms with E-state index in [2.05, 4.69) is 22.8 Å². The summed E-state index contributed by atoms with van der Waals surface area (Å²) in [4.78, 5) is 13.5. The average molecular weight is 535 g/mol. The van der Waals surface area contributed by atoms with Crippen molar-refractivity contribution in [3.8, 4) is 0 Å². The Morgan fingerprint density at radius 2 is 1.82 bits per heavy atom. The molecule has 208 valence electrons. The summed E-state index contributed by atoms with van der Waals surface area (Å²) in [6, 6.07) is 14.0. The van der Waals surface area contributed by atoms with Gasteiger partial charge in [0.05, 0.1) is 17.6 Å². The predicted molar refractivity (Wildman–Crippen MR) is 139 cm³/mol. The molecule has 4 nitrogen and oxygen atoms in total. The maximum atomic E-state index is 13.5. The highest BCUT2D eigenvalue weighted by atomic mass is 19.4. The van der Waals surface area contributed by atoms with E-state index < -0.39 is 23.8 Å². The summed E-state index contributed by atoms with van der Waals surface area (Å²) in [6.07, 6.45) is -0.490. The zero-order valence-corrected chi connectivity index (χ0v) is 22.1. The number of ether oxygens (including phenoxy) is 1. The number of hydrogen-bond acceptors (Lipinski definition) is 3. The molecule has 2 aromatic rings. The smallest absolute Gasteiger partial charge is 0.381 e. The minimum Gasteiger partial charge on any atom is -0.381 e. The van der Waals surface area contributed by atoms with Crippen LogP contribution in [-0.2, 0) is 35.3 Å². The molecule has 38 heavy (non-hydrogen) atoms. The number of hydrogen-bond donors (Lipinski definition) is 2. The molecule has 2 aliphatic rings. The van der Waals surface area contributed by atoms with E-state index >= 15 is 0 Å². The monoisotopic (exact) mass is 534 g/mol. The van der Waals surface area contributed by atoms with E-state index in [1.54, 1.807) is 0 Å². The van der Waals surface area contributed by atoms with Gasteiger partial charge in [-0.3, -0.25) is 4.79 Å². The number of carbonyl (C=O) groups is 1. The minimum atomic E-state index is -4.57. The number of halogens is 4. The maximum Gasteiger partial charge on any atom is 0.416 e. The van der Waals surface area contributed by atoms with Crippen LogP contribution in [0, 0.1) is 17.3 Å². The van der Waals surface area contributed by atoms with Crippen LogP contribution in [0.2, 0.25) is 0 Å². The molecule has 2 unspecified atom stereocenters. The molecule has 0 radical (unpaired) electrons. The van der Waals surface area contributed by atoms with Gasteiger partial charge in [-0.25, -0.2) is 4.39 Å². The molecule has 1 aliphatic carbocycles. The van der Waals surface area contributed by atoms with Crippen molar-refractivity contribution in [3.05, 3.63) is 70.8 Å². The molecule has 2 aromatic carbocycles. The van der Waals surface area contributed by atoms with Crippen molar-refractivity contribution in [2.24, 2.45) is 17.3 Å². The van der Waals surface area contributed by atoms with Gasteiger partial charge in [-0.1, -0.05) is 50.2 Å². The first kappa shape index (κ1) is 28.6. The third-order valence-electron chi connectivity index (χ3n) is 8.36. The van der Waals surface area contributed by atoms with E-state index in [1.165, 1.54) is 11.6 Å². The summed E-state index contributed by atoms with van der Waals surface area (Å²) in [5.74, 6) is 0.260. The van der Waals surface area contributed by atoms with E-state index in [-0.39, 0.29) is 35.5 Å². The van der Waals surface area contributed by atoms with E-state index in [9.17, 15) is 22.4 Å². The van der Waals surface area contributed by atoms with Gasteiger partial charge in [0.2, 0.25) is 5.91 Å². The van der Waals surface area contributed by atoms with Crippen LogP contribution in [0.1, 0.15) is 61.8 Å². The second-order valence-corrected chi connectivity index (χ2v) is 11.2. The number of benzene rings is 2. The molecule has 2 N–H and O–H groups in total. The van der Waals surface area contributed by atoms with Crippen LogP contribution < -0.4 is 10.6 Å². The zero-order chi connectivity index (χ0) is 27.3. The second kappa shape index (κ2) is 12.2. The first-order valence-electron chi connectivity index (χ1n) is 13.5. The van der Waals surface area contributed by atoms with Crippen molar-refractivity contribution in [2.75, 3.05) is 13.2 Å². The number of alkyl halides is 4. The summed E-state index contributed by atoms with van der Waals surface area (Å²) in [6.45, 7) is 4.41. The van der Waals surface area contributed by atoms with Crippen LogP contribution in [0.25, 0.3) is 0 Å². The number of nitrogens with one attached hydrogen (secondary N) is 2. The van der Waals surface area contributed by atoms with E-state index in [0.717, 1.165) is 31.4 Å². The Bertz CT molecular complexity index is 1080. The Kier molecular flexibility index (Phi) is 9.14.